The quantitative estimate of drug-likeness (QED) is 0.390. The minimum Gasteiger partial charge on any atom is -0.507 e. The highest BCUT2D eigenvalue weighted by molar-refractivity contribution is 6.51. The average molecular weight is 414 g/mol. The standard InChI is InChI=1S/C25H22N2O4/c1-15-5-4-6-18(13-15)27-22(17-9-11-26-12-10-17)21(24(29)25(27)30)23(28)19-14-16(2)7-8-20(19)31-3/h4-14,22,28H,1-3H3/b23-21+. The van der Waals surface area contributed by atoms with Crippen LogP contribution in [0.5, 0.6) is 5.75 Å². The van der Waals surface area contributed by atoms with Gasteiger partial charge in [-0.05, 0) is 61.4 Å². The summed E-state index contributed by atoms with van der Waals surface area (Å²) >= 11 is 0. The first-order valence-electron chi connectivity index (χ1n) is 9.85. The lowest BCUT2D eigenvalue weighted by molar-refractivity contribution is -0.132. The fourth-order valence-corrected chi connectivity index (χ4v) is 3.89. The zero-order valence-corrected chi connectivity index (χ0v) is 17.5. The minimum atomic E-state index is -0.796. The molecule has 1 aliphatic rings. The van der Waals surface area contributed by atoms with Crippen molar-refractivity contribution in [2.24, 2.45) is 0 Å². The predicted octanol–water partition coefficient (Wildman–Crippen LogP) is 4.33. The average Bonchev–Trinajstić information content (AvgIpc) is 3.04. The van der Waals surface area contributed by atoms with Gasteiger partial charge in [-0.15, -0.1) is 0 Å². The van der Waals surface area contributed by atoms with Crippen LogP contribution in [0.25, 0.3) is 5.76 Å². The Morgan fingerprint density at radius 1 is 1.00 bits per heavy atom. The number of aliphatic hydroxyl groups excluding tert-OH is 1. The number of nitrogens with zero attached hydrogens (tertiary/aromatic N) is 2. The first kappa shape index (κ1) is 20.3. The Morgan fingerprint density at radius 3 is 2.39 bits per heavy atom. The predicted molar refractivity (Wildman–Crippen MR) is 118 cm³/mol. The number of hydrogen-bond acceptors (Lipinski definition) is 5. The lowest BCUT2D eigenvalue weighted by Gasteiger charge is -2.25. The molecule has 1 aliphatic heterocycles. The first-order chi connectivity index (χ1) is 14.9. The fraction of sp³-hybridized carbons (Fsp3) is 0.160. The molecule has 1 saturated heterocycles. The molecule has 1 fully saturated rings. The molecule has 0 radical (unpaired) electrons. The fourth-order valence-electron chi connectivity index (χ4n) is 3.89. The van der Waals surface area contributed by atoms with Crippen molar-refractivity contribution in [2.75, 3.05) is 12.0 Å². The molecule has 1 atom stereocenters. The van der Waals surface area contributed by atoms with Gasteiger partial charge in [0.1, 0.15) is 11.5 Å². The highest BCUT2D eigenvalue weighted by Gasteiger charge is 2.47. The summed E-state index contributed by atoms with van der Waals surface area (Å²) in [5.41, 5.74) is 3.47. The molecule has 0 saturated carbocycles. The number of Topliss-reactive ketones (excluding diaryl/α,β-unsaturated/α-hetero) is 1. The number of benzene rings is 2. The van der Waals surface area contributed by atoms with Crippen LogP contribution < -0.4 is 9.64 Å². The number of pyridine rings is 1. The number of rotatable bonds is 4. The SMILES string of the molecule is COc1ccc(C)cc1/C(O)=C1\C(=O)C(=O)N(c2cccc(C)c2)C1c1ccncc1. The molecular formula is C25H22N2O4. The summed E-state index contributed by atoms with van der Waals surface area (Å²) in [5.74, 6) is -1.29. The molecule has 0 bridgehead atoms. The largest absolute Gasteiger partial charge is 0.507 e. The molecule has 3 aromatic rings. The lowest BCUT2D eigenvalue weighted by Crippen LogP contribution is -2.29. The number of aliphatic hydroxyl groups is 1. The third-order valence-electron chi connectivity index (χ3n) is 5.36. The summed E-state index contributed by atoms with van der Waals surface area (Å²) in [7, 11) is 1.49. The van der Waals surface area contributed by atoms with Crippen LogP contribution in [0.2, 0.25) is 0 Å². The van der Waals surface area contributed by atoms with Crippen molar-refractivity contribution in [1.82, 2.24) is 4.98 Å². The molecule has 31 heavy (non-hydrogen) atoms. The van der Waals surface area contributed by atoms with Crippen LogP contribution in [0.1, 0.15) is 28.3 Å². The van der Waals surface area contributed by atoms with Gasteiger partial charge >= 0.3 is 0 Å². The number of hydrogen-bond donors (Lipinski definition) is 1. The molecule has 156 valence electrons. The Morgan fingerprint density at radius 2 is 1.71 bits per heavy atom. The molecule has 1 amide bonds. The van der Waals surface area contributed by atoms with Gasteiger partial charge in [0.25, 0.3) is 11.7 Å². The van der Waals surface area contributed by atoms with Crippen LogP contribution in [-0.2, 0) is 9.59 Å². The molecule has 2 aromatic carbocycles. The monoisotopic (exact) mass is 414 g/mol. The van der Waals surface area contributed by atoms with E-state index in [4.69, 9.17) is 4.74 Å². The number of aromatic nitrogens is 1. The summed E-state index contributed by atoms with van der Waals surface area (Å²) < 4.78 is 5.40. The molecule has 2 heterocycles. The van der Waals surface area contributed by atoms with Crippen molar-refractivity contribution in [3.8, 4) is 5.75 Å². The Labute approximate surface area is 180 Å². The van der Waals surface area contributed by atoms with Gasteiger partial charge in [-0.2, -0.15) is 0 Å². The van der Waals surface area contributed by atoms with E-state index in [2.05, 4.69) is 4.98 Å². The van der Waals surface area contributed by atoms with E-state index in [0.717, 1.165) is 11.1 Å². The van der Waals surface area contributed by atoms with Crippen LogP contribution in [-0.4, -0.2) is 28.9 Å². The van der Waals surface area contributed by atoms with Gasteiger partial charge in [0, 0.05) is 18.1 Å². The van der Waals surface area contributed by atoms with Gasteiger partial charge < -0.3 is 9.84 Å². The van der Waals surface area contributed by atoms with E-state index in [1.807, 2.05) is 38.1 Å². The third kappa shape index (κ3) is 3.57. The van der Waals surface area contributed by atoms with Crippen molar-refractivity contribution in [3.63, 3.8) is 0 Å². The van der Waals surface area contributed by atoms with E-state index in [-0.39, 0.29) is 11.3 Å². The van der Waals surface area contributed by atoms with Crippen LogP contribution >= 0.6 is 0 Å². The summed E-state index contributed by atoms with van der Waals surface area (Å²) in [4.78, 5) is 31.8. The Balaban J connectivity index is 1.99. The molecule has 0 spiro atoms. The second-order valence-corrected chi connectivity index (χ2v) is 7.49. The Kier molecular flexibility index (Phi) is 5.29. The number of amides is 1. The number of ether oxygens (including phenoxy) is 1. The Hall–Kier alpha value is -3.93. The molecular weight excluding hydrogens is 392 g/mol. The lowest BCUT2D eigenvalue weighted by atomic mass is 9.95. The summed E-state index contributed by atoms with van der Waals surface area (Å²) in [5, 5.41) is 11.3. The zero-order chi connectivity index (χ0) is 22.1. The topological polar surface area (TPSA) is 79.7 Å². The summed E-state index contributed by atoms with van der Waals surface area (Å²) in [6.07, 6.45) is 3.19. The van der Waals surface area contributed by atoms with Gasteiger partial charge in [-0.25, -0.2) is 0 Å². The van der Waals surface area contributed by atoms with Crippen molar-refractivity contribution in [1.29, 1.82) is 0 Å². The summed E-state index contributed by atoms with van der Waals surface area (Å²) in [6, 6.07) is 15.3. The molecule has 1 N–H and O–H groups in total. The zero-order valence-electron chi connectivity index (χ0n) is 17.5. The van der Waals surface area contributed by atoms with E-state index >= 15 is 0 Å². The highest BCUT2D eigenvalue weighted by Crippen LogP contribution is 2.43. The van der Waals surface area contributed by atoms with Gasteiger partial charge in [0.05, 0.1) is 24.3 Å². The third-order valence-corrected chi connectivity index (χ3v) is 5.36. The second-order valence-electron chi connectivity index (χ2n) is 7.49. The maximum Gasteiger partial charge on any atom is 0.300 e. The van der Waals surface area contributed by atoms with E-state index in [1.165, 1.54) is 12.0 Å². The number of carbonyl (C=O) groups is 2. The number of carbonyl (C=O) groups excluding carboxylic acids is 2. The highest BCUT2D eigenvalue weighted by atomic mass is 16.5. The van der Waals surface area contributed by atoms with Crippen LogP contribution in [0.4, 0.5) is 5.69 Å². The molecule has 0 aliphatic carbocycles. The van der Waals surface area contributed by atoms with Gasteiger partial charge in [-0.3, -0.25) is 19.5 Å². The van der Waals surface area contributed by atoms with Crippen molar-refractivity contribution >= 4 is 23.1 Å². The molecule has 4 rings (SSSR count). The molecule has 6 heteroatoms. The van der Waals surface area contributed by atoms with Crippen molar-refractivity contribution in [2.45, 2.75) is 19.9 Å². The Bertz CT molecular complexity index is 1200. The van der Waals surface area contributed by atoms with E-state index in [1.54, 1.807) is 42.7 Å². The van der Waals surface area contributed by atoms with Gasteiger partial charge in [0.15, 0.2) is 0 Å². The van der Waals surface area contributed by atoms with E-state index in [9.17, 15) is 14.7 Å². The normalized spacial score (nSPS) is 17.8. The van der Waals surface area contributed by atoms with Crippen LogP contribution in [0.15, 0.2) is 72.6 Å². The van der Waals surface area contributed by atoms with Crippen LogP contribution in [0, 0.1) is 13.8 Å². The first-order valence-corrected chi connectivity index (χ1v) is 9.85. The smallest absolute Gasteiger partial charge is 0.300 e. The molecule has 6 nitrogen and oxygen atoms in total. The maximum absolute atomic E-state index is 13.2. The number of anilines is 1. The summed E-state index contributed by atoms with van der Waals surface area (Å²) in [6.45, 7) is 3.79. The van der Waals surface area contributed by atoms with Crippen LogP contribution in [0.3, 0.4) is 0 Å². The van der Waals surface area contributed by atoms with E-state index < -0.39 is 17.7 Å². The van der Waals surface area contributed by atoms with Gasteiger partial charge in [-0.1, -0.05) is 23.8 Å². The molecule has 1 unspecified atom stereocenters. The maximum atomic E-state index is 13.2. The van der Waals surface area contributed by atoms with E-state index in [0.29, 0.717) is 22.6 Å². The molecule has 1 aromatic heterocycles. The van der Waals surface area contributed by atoms with Crippen molar-refractivity contribution < 1.29 is 19.4 Å². The number of aryl methyl sites for hydroxylation is 2. The number of methoxy groups -OCH3 is 1. The van der Waals surface area contributed by atoms with Gasteiger partial charge in [0.2, 0.25) is 0 Å². The minimum absolute atomic E-state index is 0.0154. The van der Waals surface area contributed by atoms with Crippen molar-refractivity contribution in [3.05, 3.63) is 94.8 Å². The number of ketones is 1. The second kappa shape index (κ2) is 8.07.